The number of ether oxygens (including phenoxy) is 1. The number of sulfonamides is 1. The molecule has 0 radical (unpaired) electrons. The van der Waals surface area contributed by atoms with Gasteiger partial charge in [-0.2, -0.15) is 0 Å². The lowest BCUT2D eigenvalue weighted by Crippen LogP contribution is -2.45. The first-order chi connectivity index (χ1) is 13.0. The minimum absolute atomic E-state index is 0.269. The van der Waals surface area contributed by atoms with E-state index in [0.29, 0.717) is 16.3 Å². The molecule has 7 nitrogen and oxygen atoms in total. The van der Waals surface area contributed by atoms with Gasteiger partial charge in [0.15, 0.2) is 0 Å². The molecule has 2 rings (SSSR count). The highest BCUT2D eigenvalue weighted by molar-refractivity contribution is 7.92. The third kappa shape index (κ3) is 5.02. The molecule has 1 atom stereocenters. The second-order valence-electron chi connectivity index (χ2n) is 6.23. The molecule has 9 heteroatoms. The highest BCUT2D eigenvalue weighted by Crippen LogP contribution is 2.25. The van der Waals surface area contributed by atoms with Crippen LogP contribution in [-0.4, -0.2) is 39.7 Å². The molecule has 0 spiro atoms. The van der Waals surface area contributed by atoms with Gasteiger partial charge in [0, 0.05) is 10.7 Å². The van der Waals surface area contributed by atoms with Gasteiger partial charge in [-0.25, -0.2) is 13.2 Å². The predicted molar refractivity (Wildman–Crippen MR) is 109 cm³/mol. The van der Waals surface area contributed by atoms with Gasteiger partial charge in [-0.3, -0.25) is 9.10 Å². The SMILES string of the molecule is COC(=O)c1ccc(C)c(NC(=O)[C@H](C)N(c2cccc(Cl)c2)S(C)(=O)=O)c1. The molecule has 0 aliphatic heterocycles. The molecular formula is C19H21ClN2O5S. The summed E-state index contributed by atoms with van der Waals surface area (Å²) in [6, 6.07) is 9.90. The molecule has 0 saturated heterocycles. The maximum atomic E-state index is 12.8. The molecule has 0 bridgehead atoms. The van der Waals surface area contributed by atoms with Crippen molar-refractivity contribution in [3.63, 3.8) is 0 Å². The van der Waals surface area contributed by atoms with Crippen LogP contribution >= 0.6 is 11.6 Å². The second-order valence-corrected chi connectivity index (χ2v) is 8.52. The van der Waals surface area contributed by atoms with Crippen molar-refractivity contribution >= 4 is 44.9 Å². The molecular weight excluding hydrogens is 404 g/mol. The van der Waals surface area contributed by atoms with Crippen molar-refractivity contribution in [2.75, 3.05) is 23.0 Å². The van der Waals surface area contributed by atoms with Gasteiger partial charge in [-0.15, -0.1) is 0 Å². The Kier molecular flexibility index (Phi) is 6.69. The Morgan fingerprint density at radius 2 is 1.86 bits per heavy atom. The zero-order chi connectivity index (χ0) is 21.1. The van der Waals surface area contributed by atoms with Crippen molar-refractivity contribution in [1.82, 2.24) is 0 Å². The van der Waals surface area contributed by atoms with Crippen molar-refractivity contribution in [2.24, 2.45) is 0 Å². The average molecular weight is 425 g/mol. The van der Waals surface area contributed by atoms with Crippen LogP contribution in [0.15, 0.2) is 42.5 Å². The van der Waals surface area contributed by atoms with Crippen LogP contribution < -0.4 is 9.62 Å². The number of carbonyl (C=O) groups excluding carboxylic acids is 2. The van der Waals surface area contributed by atoms with Gasteiger partial charge in [0.1, 0.15) is 6.04 Å². The van der Waals surface area contributed by atoms with Crippen molar-refractivity contribution in [3.8, 4) is 0 Å². The summed E-state index contributed by atoms with van der Waals surface area (Å²) in [5.41, 5.74) is 1.64. The monoisotopic (exact) mass is 424 g/mol. The normalized spacial score (nSPS) is 12.2. The molecule has 0 saturated carbocycles. The standard InChI is InChI=1S/C19H21ClN2O5S/c1-12-8-9-14(19(24)27-3)10-17(12)21-18(23)13(2)22(28(4,25)26)16-7-5-6-15(20)11-16/h5-11,13H,1-4H3,(H,21,23)/t13-/m0/s1. The van der Waals surface area contributed by atoms with Crippen LogP contribution in [0.3, 0.4) is 0 Å². The fraction of sp³-hybridized carbons (Fsp3) is 0.263. The number of amides is 1. The first-order valence-corrected chi connectivity index (χ1v) is 10.5. The molecule has 150 valence electrons. The highest BCUT2D eigenvalue weighted by atomic mass is 35.5. The number of nitrogens with one attached hydrogen (secondary N) is 1. The molecule has 0 aromatic heterocycles. The number of nitrogens with zero attached hydrogens (tertiary/aromatic N) is 1. The summed E-state index contributed by atoms with van der Waals surface area (Å²) in [5.74, 6) is -1.10. The Labute approximate surface area is 169 Å². The maximum Gasteiger partial charge on any atom is 0.337 e. The van der Waals surface area contributed by atoms with E-state index in [2.05, 4.69) is 10.1 Å². The smallest absolute Gasteiger partial charge is 0.337 e. The summed E-state index contributed by atoms with van der Waals surface area (Å²) in [6.45, 7) is 3.23. The van der Waals surface area contributed by atoms with E-state index in [0.717, 1.165) is 10.6 Å². The molecule has 1 amide bonds. The van der Waals surface area contributed by atoms with Gasteiger partial charge in [0.05, 0.1) is 24.6 Å². The number of halogens is 1. The zero-order valence-corrected chi connectivity index (χ0v) is 17.5. The Morgan fingerprint density at radius 3 is 2.43 bits per heavy atom. The van der Waals surface area contributed by atoms with Gasteiger partial charge < -0.3 is 10.1 Å². The van der Waals surface area contributed by atoms with Crippen LogP contribution in [0.1, 0.15) is 22.8 Å². The minimum Gasteiger partial charge on any atom is -0.465 e. The number of rotatable bonds is 6. The molecule has 1 N–H and O–H groups in total. The Morgan fingerprint density at radius 1 is 1.18 bits per heavy atom. The Hall–Kier alpha value is -2.58. The van der Waals surface area contributed by atoms with Crippen LogP contribution in [0.5, 0.6) is 0 Å². The average Bonchev–Trinajstić information content (AvgIpc) is 2.61. The summed E-state index contributed by atoms with van der Waals surface area (Å²) in [5, 5.41) is 3.03. The van der Waals surface area contributed by atoms with E-state index in [1.807, 2.05) is 0 Å². The fourth-order valence-corrected chi connectivity index (χ4v) is 4.01. The lowest BCUT2D eigenvalue weighted by Gasteiger charge is -2.28. The number of esters is 1. The van der Waals surface area contributed by atoms with Crippen LogP contribution in [0.25, 0.3) is 0 Å². The third-order valence-corrected chi connectivity index (χ3v) is 5.54. The van der Waals surface area contributed by atoms with Gasteiger partial charge >= 0.3 is 5.97 Å². The van der Waals surface area contributed by atoms with Crippen LogP contribution in [0.2, 0.25) is 5.02 Å². The van der Waals surface area contributed by atoms with Gasteiger partial charge in [-0.05, 0) is 49.7 Å². The lowest BCUT2D eigenvalue weighted by atomic mass is 10.1. The van der Waals surface area contributed by atoms with E-state index in [9.17, 15) is 18.0 Å². The molecule has 0 aliphatic rings. The summed E-state index contributed by atoms with van der Waals surface area (Å²) in [7, 11) is -2.51. The minimum atomic E-state index is -3.77. The summed E-state index contributed by atoms with van der Waals surface area (Å²) in [4.78, 5) is 24.5. The number of anilines is 2. The molecule has 0 aliphatic carbocycles. The number of hydrogen-bond acceptors (Lipinski definition) is 5. The number of methoxy groups -OCH3 is 1. The first-order valence-electron chi connectivity index (χ1n) is 8.29. The summed E-state index contributed by atoms with van der Waals surface area (Å²) in [6.07, 6.45) is 1.01. The van der Waals surface area contributed by atoms with Gasteiger partial charge in [0.2, 0.25) is 15.9 Å². The predicted octanol–water partition coefficient (Wildman–Crippen LogP) is 3.23. The maximum absolute atomic E-state index is 12.8. The third-order valence-electron chi connectivity index (χ3n) is 4.07. The zero-order valence-electron chi connectivity index (χ0n) is 15.9. The van der Waals surface area contributed by atoms with Crippen molar-refractivity contribution in [1.29, 1.82) is 0 Å². The highest BCUT2D eigenvalue weighted by Gasteiger charge is 2.29. The second kappa shape index (κ2) is 8.62. The van der Waals surface area contributed by atoms with Crippen molar-refractivity contribution < 1.29 is 22.7 Å². The Balaban J connectivity index is 2.35. The number of carbonyl (C=O) groups is 2. The van der Waals surface area contributed by atoms with Crippen molar-refractivity contribution in [3.05, 3.63) is 58.6 Å². The van der Waals surface area contributed by atoms with E-state index < -0.39 is 27.9 Å². The van der Waals surface area contributed by atoms with E-state index in [4.69, 9.17) is 11.6 Å². The van der Waals surface area contributed by atoms with E-state index in [1.165, 1.54) is 26.2 Å². The molecule has 0 heterocycles. The molecule has 2 aromatic rings. The van der Waals surface area contributed by atoms with Gasteiger partial charge in [-0.1, -0.05) is 23.7 Å². The largest absolute Gasteiger partial charge is 0.465 e. The number of aryl methyl sites for hydroxylation is 1. The fourth-order valence-electron chi connectivity index (χ4n) is 2.66. The lowest BCUT2D eigenvalue weighted by molar-refractivity contribution is -0.116. The molecule has 2 aromatic carbocycles. The quantitative estimate of drug-likeness (QED) is 0.718. The van der Waals surface area contributed by atoms with E-state index >= 15 is 0 Å². The number of hydrogen-bond donors (Lipinski definition) is 1. The van der Waals surface area contributed by atoms with Crippen LogP contribution in [0, 0.1) is 6.92 Å². The van der Waals surface area contributed by atoms with E-state index in [-0.39, 0.29) is 11.3 Å². The van der Waals surface area contributed by atoms with E-state index in [1.54, 1.807) is 37.3 Å². The molecule has 0 unspecified atom stereocenters. The van der Waals surface area contributed by atoms with Crippen molar-refractivity contribution in [2.45, 2.75) is 19.9 Å². The molecule has 28 heavy (non-hydrogen) atoms. The van der Waals surface area contributed by atoms with Crippen LogP contribution in [-0.2, 0) is 19.6 Å². The number of benzene rings is 2. The first kappa shape index (κ1) is 21.7. The Bertz CT molecular complexity index is 1010. The van der Waals surface area contributed by atoms with Gasteiger partial charge in [0.25, 0.3) is 0 Å². The topological polar surface area (TPSA) is 92.8 Å². The molecule has 0 fully saturated rings. The summed E-state index contributed by atoms with van der Waals surface area (Å²) < 4.78 is 30.3. The van der Waals surface area contributed by atoms with Crippen LogP contribution in [0.4, 0.5) is 11.4 Å². The summed E-state index contributed by atoms with van der Waals surface area (Å²) >= 11 is 5.97.